The summed E-state index contributed by atoms with van der Waals surface area (Å²) in [5.41, 5.74) is 4.22. The van der Waals surface area contributed by atoms with Crippen LogP contribution in [0, 0.1) is 0 Å². The maximum atomic E-state index is 12.5. The van der Waals surface area contributed by atoms with Crippen molar-refractivity contribution in [3.8, 4) is 11.3 Å². The number of hydrogen-bond donors (Lipinski definition) is 1. The summed E-state index contributed by atoms with van der Waals surface area (Å²) in [6.45, 7) is 0. The molecule has 92 valence electrons. The van der Waals surface area contributed by atoms with Crippen molar-refractivity contribution in [2.75, 3.05) is 0 Å². The molecule has 0 spiro atoms. The maximum Gasteiger partial charge on any atom is 0.196 e. The minimum Gasteiger partial charge on any atom is -0.354 e. The normalized spacial score (nSPS) is 12.8. The van der Waals surface area contributed by atoms with Gasteiger partial charge in [-0.2, -0.15) is 0 Å². The van der Waals surface area contributed by atoms with Crippen molar-refractivity contribution in [1.29, 1.82) is 0 Å². The third kappa shape index (κ3) is 1.46. The summed E-state index contributed by atoms with van der Waals surface area (Å²) < 4.78 is 0.990. The lowest BCUT2D eigenvalue weighted by Gasteiger charge is -1.99. The molecule has 0 aliphatic heterocycles. The summed E-state index contributed by atoms with van der Waals surface area (Å²) >= 11 is 9.41. The second-order valence-corrected chi connectivity index (χ2v) is 5.94. The number of fused-ring (bicyclic) bond motifs is 5. The first-order valence-electron chi connectivity index (χ1n) is 5.81. The van der Waals surface area contributed by atoms with Crippen molar-refractivity contribution in [2.45, 2.75) is 0 Å². The number of nitrogens with one attached hydrogen (secondary N) is 1. The molecule has 4 heteroatoms. The van der Waals surface area contributed by atoms with Crippen molar-refractivity contribution in [2.24, 2.45) is 0 Å². The van der Waals surface area contributed by atoms with E-state index >= 15 is 0 Å². The van der Waals surface area contributed by atoms with Gasteiger partial charge in [0, 0.05) is 31.5 Å². The molecule has 0 saturated carbocycles. The standard InChI is InChI=1S/C15H7BrClNO/c16-7-1-3-10-12(5-7)18-14-9-4-2-8(17)6-11(9)15(19)13(10)14/h1-6,18H. The predicted molar refractivity (Wildman–Crippen MR) is 79.9 cm³/mol. The van der Waals surface area contributed by atoms with E-state index < -0.39 is 0 Å². The van der Waals surface area contributed by atoms with E-state index in [1.54, 1.807) is 6.07 Å². The van der Waals surface area contributed by atoms with Crippen molar-refractivity contribution in [3.05, 3.63) is 57.0 Å². The average molecular weight is 333 g/mol. The number of ketones is 1. The van der Waals surface area contributed by atoms with Crippen LogP contribution in [0.5, 0.6) is 0 Å². The third-order valence-electron chi connectivity index (χ3n) is 3.48. The number of carbonyl (C=O) groups is 1. The van der Waals surface area contributed by atoms with E-state index in [0.29, 0.717) is 10.6 Å². The van der Waals surface area contributed by atoms with Crippen LogP contribution in [-0.2, 0) is 0 Å². The van der Waals surface area contributed by atoms with Crippen molar-refractivity contribution in [3.63, 3.8) is 0 Å². The molecule has 2 aromatic carbocycles. The fourth-order valence-corrected chi connectivity index (χ4v) is 3.20. The van der Waals surface area contributed by atoms with Gasteiger partial charge in [-0.1, -0.05) is 39.7 Å². The maximum absolute atomic E-state index is 12.5. The molecule has 1 N–H and O–H groups in total. The molecule has 2 nitrogen and oxygen atoms in total. The van der Waals surface area contributed by atoms with Crippen LogP contribution in [-0.4, -0.2) is 10.8 Å². The molecule has 0 radical (unpaired) electrons. The number of aromatic amines is 1. The highest BCUT2D eigenvalue weighted by Crippen LogP contribution is 2.41. The topological polar surface area (TPSA) is 32.9 Å². The van der Waals surface area contributed by atoms with Crippen LogP contribution in [0.15, 0.2) is 40.9 Å². The molecule has 1 aliphatic carbocycles. The summed E-state index contributed by atoms with van der Waals surface area (Å²) in [7, 11) is 0. The van der Waals surface area contributed by atoms with Gasteiger partial charge in [-0.3, -0.25) is 4.79 Å². The molecular weight excluding hydrogens is 326 g/mol. The fraction of sp³-hybridized carbons (Fsp3) is 0. The lowest BCUT2D eigenvalue weighted by Crippen LogP contribution is -1.94. The molecule has 1 aliphatic rings. The average Bonchev–Trinajstić information content (AvgIpc) is 2.86. The van der Waals surface area contributed by atoms with Gasteiger partial charge < -0.3 is 4.98 Å². The Labute approximate surface area is 122 Å². The first kappa shape index (κ1) is 11.3. The number of aromatic nitrogens is 1. The molecule has 3 aromatic rings. The monoisotopic (exact) mass is 331 g/mol. The molecule has 19 heavy (non-hydrogen) atoms. The first-order valence-corrected chi connectivity index (χ1v) is 6.98. The fourth-order valence-electron chi connectivity index (χ4n) is 2.66. The zero-order chi connectivity index (χ0) is 13.1. The number of hydrogen-bond acceptors (Lipinski definition) is 1. The van der Waals surface area contributed by atoms with Gasteiger partial charge in [-0.15, -0.1) is 0 Å². The lowest BCUT2D eigenvalue weighted by molar-refractivity contribution is 0.104. The zero-order valence-electron chi connectivity index (χ0n) is 9.63. The molecule has 4 rings (SSSR count). The van der Waals surface area contributed by atoms with E-state index in [1.165, 1.54) is 0 Å². The van der Waals surface area contributed by atoms with Gasteiger partial charge in [0.25, 0.3) is 0 Å². The Balaban J connectivity index is 2.11. The van der Waals surface area contributed by atoms with Gasteiger partial charge in [0.1, 0.15) is 0 Å². The molecule has 0 unspecified atom stereocenters. The molecule has 0 fully saturated rings. The second-order valence-electron chi connectivity index (χ2n) is 4.58. The van der Waals surface area contributed by atoms with Crippen molar-refractivity contribution < 1.29 is 4.79 Å². The Morgan fingerprint density at radius 2 is 1.89 bits per heavy atom. The Morgan fingerprint density at radius 1 is 1.05 bits per heavy atom. The Bertz CT molecular complexity index is 866. The number of benzene rings is 2. The first-order chi connectivity index (χ1) is 9.15. The minimum atomic E-state index is 0.0427. The highest BCUT2D eigenvalue weighted by atomic mass is 79.9. The Hall–Kier alpha value is -1.58. The smallest absolute Gasteiger partial charge is 0.196 e. The Morgan fingerprint density at radius 3 is 2.74 bits per heavy atom. The van der Waals surface area contributed by atoms with Gasteiger partial charge in [0.2, 0.25) is 0 Å². The van der Waals surface area contributed by atoms with Crippen LogP contribution in [0.25, 0.3) is 22.2 Å². The van der Waals surface area contributed by atoms with E-state index in [1.807, 2.05) is 30.3 Å². The number of carbonyl (C=O) groups excluding carboxylic acids is 1. The van der Waals surface area contributed by atoms with Gasteiger partial charge in [-0.25, -0.2) is 0 Å². The lowest BCUT2D eigenvalue weighted by atomic mass is 10.1. The van der Waals surface area contributed by atoms with Crippen molar-refractivity contribution >= 4 is 44.2 Å². The van der Waals surface area contributed by atoms with Gasteiger partial charge in [-0.05, 0) is 24.3 Å². The van der Waals surface area contributed by atoms with Gasteiger partial charge >= 0.3 is 0 Å². The zero-order valence-corrected chi connectivity index (χ0v) is 12.0. The molecule has 0 bridgehead atoms. The molecule has 0 amide bonds. The van der Waals surface area contributed by atoms with Crippen LogP contribution in [0.4, 0.5) is 0 Å². The quantitative estimate of drug-likeness (QED) is 0.493. The minimum absolute atomic E-state index is 0.0427. The second kappa shape index (κ2) is 3.71. The third-order valence-corrected chi connectivity index (χ3v) is 4.21. The van der Waals surface area contributed by atoms with E-state index in [2.05, 4.69) is 20.9 Å². The van der Waals surface area contributed by atoms with Crippen molar-refractivity contribution in [1.82, 2.24) is 4.98 Å². The van der Waals surface area contributed by atoms with Crippen LogP contribution in [0.1, 0.15) is 15.9 Å². The van der Waals surface area contributed by atoms with Crippen LogP contribution in [0.2, 0.25) is 5.02 Å². The summed E-state index contributed by atoms with van der Waals surface area (Å²) in [5, 5.41) is 1.54. The Kier molecular flexibility index (Phi) is 2.20. The van der Waals surface area contributed by atoms with Gasteiger partial charge in [0.05, 0.1) is 11.3 Å². The number of rotatable bonds is 0. The number of H-pyrrole nitrogens is 1. The summed E-state index contributed by atoms with van der Waals surface area (Å²) in [5.74, 6) is 0.0427. The molecule has 0 saturated heterocycles. The molecular formula is C15H7BrClNO. The van der Waals surface area contributed by atoms with Gasteiger partial charge in [0.15, 0.2) is 5.78 Å². The molecule has 1 aromatic heterocycles. The summed E-state index contributed by atoms with van der Waals surface area (Å²) in [6.07, 6.45) is 0. The number of halogens is 2. The largest absolute Gasteiger partial charge is 0.354 e. The van der Waals surface area contributed by atoms with E-state index in [0.717, 1.165) is 32.2 Å². The molecule has 0 atom stereocenters. The SMILES string of the molecule is O=C1c2cc(Cl)ccc2-c2[nH]c3cc(Br)ccc3c21. The molecule has 1 heterocycles. The van der Waals surface area contributed by atoms with Crippen LogP contribution in [0.3, 0.4) is 0 Å². The predicted octanol–water partition coefficient (Wildman–Crippen LogP) is 4.80. The summed E-state index contributed by atoms with van der Waals surface area (Å²) in [6, 6.07) is 11.3. The summed E-state index contributed by atoms with van der Waals surface area (Å²) in [4.78, 5) is 15.8. The van der Waals surface area contributed by atoms with E-state index in [4.69, 9.17) is 11.6 Å². The van der Waals surface area contributed by atoms with Crippen LogP contribution >= 0.6 is 27.5 Å². The van der Waals surface area contributed by atoms with E-state index in [9.17, 15) is 4.79 Å². The van der Waals surface area contributed by atoms with E-state index in [-0.39, 0.29) is 5.78 Å². The highest BCUT2D eigenvalue weighted by Gasteiger charge is 2.30. The van der Waals surface area contributed by atoms with Crippen LogP contribution < -0.4 is 0 Å². The highest BCUT2D eigenvalue weighted by molar-refractivity contribution is 9.10.